The van der Waals surface area contributed by atoms with Gasteiger partial charge in [0.25, 0.3) is 0 Å². The molecule has 3 heterocycles. The first kappa shape index (κ1) is 45.5. The topological polar surface area (TPSA) is 33.5 Å². The van der Waals surface area contributed by atoms with Crippen LogP contribution in [0.15, 0.2) is 188 Å². The average molecular weight is 1060 g/mol. The maximum atomic E-state index is 6.86. The summed E-state index contributed by atoms with van der Waals surface area (Å²) in [6, 6.07) is 67.6. The SMILES string of the molecule is CC(C)(C)C1=CN(c2[c-]c(Oc3[c-]c4c(cc3)c3ccccc3n4-c3cc(C(C)(C)C)ccn3)cc(-c3ccccc3)c2)[CH-]N1c1cc(-c2ccccc2)cc(C(C)(C)c2ccccc2)c1.[Pt]. The number of pyridine rings is 1. The number of nitrogens with zero attached hydrogens (tertiary/aromatic N) is 4. The second kappa shape index (κ2) is 17.8. The number of hydrogen-bond donors (Lipinski definition) is 0. The minimum atomic E-state index is -0.253. The Hall–Kier alpha value is -6.68. The molecule has 0 spiro atoms. The van der Waals surface area contributed by atoms with E-state index in [0.29, 0.717) is 11.5 Å². The summed E-state index contributed by atoms with van der Waals surface area (Å²) < 4.78 is 9.06. The Morgan fingerprint density at radius 2 is 1.16 bits per heavy atom. The first-order valence-electron chi connectivity index (χ1n) is 22.9. The Bertz CT molecular complexity index is 3250. The third-order valence-corrected chi connectivity index (χ3v) is 12.9. The van der Waals surface area contributed by atoms with E-state index >= 15 is 0 Å². The van der Waals surface area contributed by atoms with Crippen molar-refractivity contribution in [3.8, 4) is 39.6 Å². The molecule has 0 amide bonds. The van der Waals surface area contributed by atoms with Crippen LogP contribution in [0, 0.1) is 24.2 Å². The van der Waals surface area contributed by atoms with Gasteiger partial charge in [0, 0.05) is 66.5 Å². The van der Waals surface area contributed by atoms with E-state index in [2.05, 4.69) is 252 Å². The van der Waals surface area contributed by atoms with Crippen molar-refractivity contribution in [2.24, 2.45) is 5.41 Å². The summed E-state index contributed by atoms with van der Waals surface area (Å²) in [4.78, 5) is 9.43. The van der Waals surface area contributed by atoms with Crippen LogP contribution in [0.25, 0.3) is 49.9 Å². The molecule has 6 heteroatoms. The van der Waals surface area contributed by atoms with Crippen LogP contribution in [0.1, 0.15) is 72.1 Å². The van der Waals surface area contributed by atoms with E-state index in [9.17, 15) is 0 Å². The normalized spacial score (nSPS) is 13.2. The summed E-state index contributed by atoms with van der Waals surface area (Å²) in [5.41, 5.74) is 12.8. The fourth-order valence-electron chi connectivity index (χ4n) is 9.05. The molecule has 5 nitrogen and oxygen atoms in total. The number of ether oxygens (including phenoxy) is 1. The van der Waals surface area contributed by atoms with Gasteiger partial charge in [0.05, 0.1) is 0 Å². The number of rotatable bonds is 9. The molecule has 1 aliphatic heterocycles. The number of benzene rings is 7. The average Bonchev–Trinajstić information content (AvgIpc) is 3.93. The van der Waals surface area contributed by atoms with Gasteiger partial charge in [-0.05, 0) is 80.7 Å². The summed E-state index contributed by atoms with van der Waals surface area (Å²) in [6.07, 6.45) is 4.15. The van der Waals surface area contributed by atoms with Crippen LogP contribution < -0.4 is 14.5 Å². The zero-order chi connectivity index (χ0) is 45.8. The van der Waals surface area contributed by atoms with Gasteiger partial charge in [0.15, 0.2) is 0 Å². The van der Waals surface area contributed by atoms with Crippen LogP contribution in [0.2, 0.25) is 0 Å². The third kappa shape index (κ3) is 8.98. The van der Waals surface area contributed by atoms with Gasteiger partial charge >= 0.3 is 0 Å². The number of allylic oxidation sites excluding steroid dienone is 1. The molecule has 2 aromatic heterocycles. The largest absolute Gasteiger partial charge is 0.509 e. The fourth-order valence-corrected chi connectivity index (χ4v) is 9.05. The van der Waals surface area contributed by atoms with Crippen molar-refractivity contribution in [3.05, 3.63) is 223 Å². The monoisotopic (exact) mass is 1050 g/mol. The van der Waals surface area contributed by atoms with Gasteiger partial charge in [0.1, 0.15) is 5.82 Å². The van der Waals surface area contributed by atoms with Gasteiger partial charge in [-0.25, -0.2) is 4.98 Å². The zero-order valence-electron chi connectivity index (χ0n) is 39.4. The molecule has 338 valence electrons. The molecule has 0 saturated heterocycles. The number of fused-ring (bicyclic) bond motifs is 3. The smallest absolute Gasteiger partial charge is 0.135 e. The zero-order valence-corrected chi connectivity index (χ0v) is 41.7. The van der Waals surface area contributed by atoms with Crippen molar-refractivity contribution in [3.63, 3.8) is 0 Å². The number of aromatic nitrogens is 2. The summed E-state index contributed by atoms with van der Waals surface area (Å²) in [7, 11) is 0. The van der Waals surface area contributed by atoms with E-state index in [1.165, 1.54) is 27.8 Å². The van der Waals surface area contributed by atoms with Crippen molar-refractivity contribution >= 4 is 33.2 Å². The first-order valence-corrected chi connectivity index (χ1v) is 22.9. The van der Waals surface area contributed by atoms with E-state index in [1.54, 1.807) is 0 Å². The molecule has 0 bridgehead atoms. The molecule has 0 fully saturated rings. The van der Waals surface area contributed by atoms with E-state index in [4.69, 9.17) is 9.72 Å². The predicted molar refractivity (Wildman–Crippen MR) is 274 cm³/mol. The Balaban J connectivity index is 0.00000562. The maximum Gasteiger partial charge on any atom is 0.135 e. The van der Waals surface area contributed by atoms with Crippen LogP contribution in [0.4, 0.5) is 11.4 Å². The standard InChI is InChI=1S/C61H55N4O.Pt/c1-59(2,3)47-30-31-62-58(37-47)65-55-27-19-18-26-53(55)54-29-28-51(39-56(54)65)66-52-35-45(43-22-14-10-15-23-43)33-49(38-52)63-40-57(60(4,5)6)64(41-63)50-34-44(42-20-12-9-13-21-42)32-48(36-50)61(7,8)46-24-16-11-17-25-46;/h9-37,40-41H,1-8H3;/q-3;. The molecular formula is C61H55N4OPt-3. The van der Waals surface area contributed by atoms with Gasteiger partial charge in [-0.1, -0.05) is 176 Å². The molecule has 7 aromatic carbocycles. The number of para-hydroxylation sites is 1. The van der Waals surface area contributed by atoms with Gasteiger partial charge in [-0.3, -0.25) is 0 Å². The van der Waals surface area contributed by atoms with Crippen molar-refractivity contribution in [1.29, 1.82) is 0 Å². The van der Waals surface area contributed by atoms with Crippen molar-refractivity contribution in [2.45, 2.75) is 66.2 Å². The van der Waals surface area contributed by atoms with Crippen LogP contribution in [-0.2, 0) is 31.9 Å². The molecule has 1 aliphatic rings. The Morgan fingerprint density at radius 1 is 0.522 bits per heavy atom. The molecule has 67 heavy (non-hydrogen) atoms. The second-order valence-electron chi connectivity index (χ2n) is 20.0. The number of anilines is 2. The van der Waals surface area contributed by atoms with Crippen LogP contribution in [0.5, 0.6) is 11.5 Å². The molecule has 0 radical (unpaired) electrons. The molecule has 9 aromatic rings. The summed E-state index contributed by atoms with van der Waals surface area (Å²) in [5.74, 6) is 2.03. The number of hydrogen-bond acceptors (Lipinski definition) is 4. The summed E-state index contributed by atoms with van der Waals surface area (Å²) >= 11 is 0. The van der Waals surface area contributed by atoms with Crippen LogP contribution >= 0.6 is 0 Å². The second-order valence-corrected chi connectivity index (χ2v) is 20.0. The van der Waals surface area contributed by atoms with E-state index in [1.807, 2.05) is 18.3 Å². The molecule has 0 unspecified atom stereocenters. The van der Waals surface area contributed by atoms with Crippen LogP contribution in [0.3, 0.4) is 0 Å². The maximum absolute atomic E-state index is 6.86. The van der Waals surface area contributed by atoms with E-state index in [0.717, 1.165) is 55.8 Å². The van der Waals surface area contributed by atoms with Crippen molar-refractivity contribution in [1.82, 2.24) is 9.55 Å². The molecule has 0 aliphatic carbocycles. The van der Waals surface area contributed by atoms with Crippen LogP contribution in [-0.4, -0.2) is 9.55 Å². The Kier molecular flexibility index (Phi) is 12.1. The summed E-state index contributed by atoms with van der Waals surface area (Å²) in [6.45, 7) is 20.4. The molecule has 0 saturated carbocycles. The molecular weight excluding hydrogens is 1000 g/mol. The molecule has 0 N–H and O–H groups in total. The Morgan fingerprint density at radius 3 is 1.84 bits per heavy atom. The van der Waals surface area contributed by atoms with Crippen molar-refractivity contribution in [2.75, 3.05) is 9.80 Å². The van der Waals surface area contributed by atoms with Crippen molar-refractivity contribution < 1.29 is 25.8 Å². The summed E-state index contributed by atoms with van der Waals surface area (Å²) in [5, 5.41) is 2.22. The van der Waals surface area contributed by atoms with E-state index < -0.39 is 0 Å². The minimum absolute atomic E-state index is 0. The van der Waals surface area contributed by atoms with Gasteiger partial charge < -0.3 is 19.1 Å². The van der Waals surface area contributed by atoms with E-state index in [-0.39, 0.29) is 37.3 Å². The third-order valence-electron chi connectivity index (χ3n) is 12.9. The first-order chi connectivity index (χ1) is 31.7. The quantitative estimate of drug-likeness (QED) is 0.135. The van der Waals surface area contributed by atoms with Gasteiger partial charge in [0.2, 0.25) is 0 Å². The Labute approximate surface area is 410 Å². The minimum Gasteiger partial charge on any atom is -0.509 e. The molecule has 0 atom stereocenters. The predicted octanol–water partition coefficient (Wildman–Crippen LogP) is 15.9. The van der Waals surface area contributed by atoms with Gasteiger partial charge in [-0.15, -0.1) is 53.6 Å². The fraction of sp³-hybridized carbons (Fsp3) is 0.180. The molecule has 10 rings (SSSR count). The van der Waals surface area contributed by atoms with Gasteiger partial charge in [-0.2, -0.15) is 6.07 Å².